The summed E-state index contributed by atoms with van der Waals surface area (Å²) >= 11 is 0. The third kappa shape index (κ3) is 1.95. The predicted octanol–water partition coefficient (Wildman–Crippen LogP) is 2.92. The molecule has 0 saturated carbocycles. The van der Waals surface area contributed by atoms with E-state index in [4.69, 9.17) is 6.42 Å². The van der Waals surface area contributed by atoms with Crippen LogP contribution in [0.3, 0.4) is 0 Å². The van der Waals surface area contributed by atoms with Gasteiger partial charge in [-0.05, 0) is 12.1 Å². The summed E-state index contributed by atoms with van der Waals surface area (Å²) in [5.41, 5.74) is 3.96. The molecule has 2 aliphatic rings. The van der Waals surface area contributed by atoms with Gasteiger partial charge in [0, 0.05) is 29.8 Å². The maximum absolute atomic E-state index is 13.0. The van der Waals surface area contributed by atoms with Gasteiger partial charge in [-0.2, -0.15) is 0 Å². The zero-order valence-electron chi connectivity index (χ0n) is 12.9. The first-order valence-corrected chi connectivity index (χ1v) is 7.72. The molecule has 2 amide bonds. The summed E-state index contributed by atoms with van der Waals surface area (Å²) in [4.78, 5) is 27.2. The minimum Gasteiger partial charge on any atom is -0.321 e. The van der Waals surface area contributed by atoms with Crippen molar-refractivity contribution in [3.63, 3.8) is 0 Å². The molecule has 0 aliphatic carbocycles. The normalized spacial score (nSPS) is 18.2. The monoisotopic (exact) mass is 314 g/mol. The lowest BCUT2D eigenvalue weighted by Crippen LogP contribution is -2.27. The lowest BCUT2D eigenvalue weighted by molar-refractivity contribution is -0.113. The number of hydrogen-bond acceptors (Lipinski definition) is 2. The number of nitrogens with one attached hydrogen (secondary N) is 1. The second kappa shape index (κ2) is 5.39. The van der Waals surface area contributed by atoms with Crippen molar-refractivity contribution < 1.29 is 9.59 Å². The van der Waals surface area contributed by atoms with E-state index in [2.05, 4.69) is 11.2 Å². The van der Waals surface area contributed by atoms with Gasteiger partial charge in [0.05, 0.1) is 16.8 Å². The maximum Gasteiger partial charge on any atom is 0.259 e. The van der Waals surface area contributed by atoms with Crippen molar-refractivity contribution in [2.24, 2.45) is 0 Å². The molecule has 1 N–H and O–H groups in total. The minimum absolute atomic E-state index is 0.173. The molecule has 0 aromatic heterocycles. The molecule has 2 aromatic rings. The molecule has 116 valence electrons. The number of terminal acetylenes is 1. The second-order valence-electron chi connectivity index (χ2n) is 5.68. The van der Waals surface area contributed by atoms with Gasteiger partial charge in [-0.25, -0.2) is 0 Å². The van der Waals surface area contributed by atoms with Gasteiger partial charge in [-0.1, -0.05) is 36.4 Å². The summed E-state index contributed by atoms with van der Waals surface area (Å²) in [6.45, 7) is 0.437. The molecule has 0 fully saturated rings. The Labute approximate surface area is 139 Å². The first-order valence-electron chi connectivity index (χ1n) is 7.72. The number of hydrogen-bond donors (Lipinski definition) is 1. The van der Waals surface area contributed by atoms with Crippen LogP contribution >= 0.6 is 0 Å². The third-order valence-electron chi connectivity index (χ3n) is 4.32. The van der Waals surface area contributed by atoms with Crippen molar-refractivity contribution in [3.8, 4) is 12.3 Å². The third-order valence-corrected chi connectivity index (χ3v) is 4.32. The topological polar surface area (TPSA) is 49.4 Å². The van der Waals surface area contributed by atoms with Crippen molar-refractivity contribution in [3.05, 3.63) is 59.7 Å². The minimum atomic E-state index is -0.242. The summed E-state index contributed by atoms with van der Waals surface area (Å²) in [5, 5.41) is 2.83. The van der Waals surface area contributed by atoms with Crippen molar-refractivity contribution in [1.82, 2.24) is 0 Å². The number of benzene rings is 2. The van der Waals surface area contributed by atoms with E-state index < -0.39 is 0 Å². The number of carbonyl (C=O) groups excluding carboxylic acids is 2. The Morgan fingerprint density at radius 1 is 0.958 bits per heavy atom. The smallest absolute Gasteiger partial charge is 0.259 e. The lowest BCUT2D eigenvalue weighted by Gasteiger charge is -2.15. The van der Waals surface area contributed by atoms with E-state index in [0.29, 0.717) is 24.1 Å². The molecule has 0 radical (unpaired) electrons. The second-order valence-corrected chi connectivity index (χ2v) is 5.68. The molecule has 0 atom stereocenters. The molecule has 4 rings (SSSR count). The Hall–Kier alpha value is -3.32. The fraction of sp³-hybridized carbons (Fsp3) is 0.100. The number of para-hydroxylation sites is 2. The Morgan fingerprint density at radius 2 is 1.67 bits per heavy atom. The van der Waals surface area contributed by atoms with Gasteiger partial charge in [0.2, 0.25) is 0 Å². The van der Waals surface area contributed by atoms with Crippen LogP contribution in [0.1, 0.15) is 17.5 Å². The fourth-order valence-electron chi connectivity index (χ4n) is 3.29. The summed E-state index contributed by atoms with van der Waals surface area (Å²) in [5.74, 6) is 2.15. The SMILES string of the molecule is C#CCCN1C(=O)/C(=C2/C(=O)Nc3ccccc32)c2ccccc21. The number of anilines is 2. The van der Waals surface area contributed by atoms with E-state index >= 15 is 0 Å². The molecule has 0 saturated heterocycles. The number of rotatable bonds is 2. The number of fused-ring (bicyclic) bond motifs is 2. The van der Waals surface area contributed by atoms with Gasteiger partial charge >= 0.3 is 0 Å². The van der Waals surface area contributed by atoms with Gasteiger partial charge in [-0.15, -0.1) is 12.3 Å². The number of carbonyl (C=O) groups is 2. The van der Waals surface area contributed by atoms with E-state index in [-0.39, 0.29) is 11.8 Å². The molecular formula is C20H14N2O2. The van der Waals surface area contributed by atoms with Crippen LogP contribution in [0.2, 0.25) is 0 Å². The molecule has 0 unspecified atom stereocenters. The molecule has 2 heterocycles. The standard InChI is InChI=1S/C20H14N2O2/c1-2-3-12-22-16-11-7-5-9-14(16)18(20(22)24)17-13-8-4-6-10-15(13)21-19(17)23/h1,4-11H,3,12H2,(H,21,23)/b18-17+. The highest BCUT2D eigenvalue weighted by molar-refractivity contribution is 6.49. The molecule has 4 heteroatoms. The molecule has 24 heavy (non-hydrogen) atoms. The number of nitrogens with zero attached hydrogens (tertiary/aromatic N) is 1. The summed E-state index contributed by atoms with van der Waals surface area (Å²) < 4.78 is 0. The van der Waals surface area contributed by atoms with E-state index in [1.54, 1.807) is 4.90 Å². The molecule has 2 aromatic carbocycles. The Kier molecular flexibility index (Phi) is 3.21. The fourth-order valence-corrected chi connectivity index (χ4v) is 3.29. The van der Waals surface area contributed by atoms with Gasteiger partial charge in [-0.3, -0.25) is 9.59 Å². The van der Waals surface area contributed by atoms with Gasteiger partial charge in [0.15, 0.2) is 0 Å². The summed E-state index contributed by atoms with van der Waals surface area (Å²) in [6, 6.07) is 14.9. The number of amides is 2. The first-order chi connectivity index (χ1) is 11.7. The largest absolute Gasteiger partial charge is 0.321 e. The molecular weight excluding hydrogens is 300 g/mol. The van der Waals surface area contributed by atoms with Gasteiger partial charge < -0.3 is 10.2 Å². The van der Waals surface area contributed by atoms with Gasteiger partial charge in [0.25, 0.3) is 11.8 Å². The molecule has 2 aliphatic heterocycles. The van der Waals surface area contributed by atoms with Crippen LogP contribution in [0.15, 0.2) is 48.5 Å². The van der Waals surface area contributed by atoms with Crippen molar-refractivity contribution in [2.45, 2.75) is 6.42 Å². The van der Waals surface area contributed by atoms with Crippen LogP contribution in [0.4, 0.5) is 11.4 Å². The summed E-state index contributed by atoms with van der Waals surface area (Å²) in [7, 11) is 0. The van der Waals surface area contributed by atoms with Crippen LogP contribution < -0.4 is 10.2 Å². The molecule has 0 spiro atoms. The maximum atomic E-state index is 13.0. The Balaban J connectivity index is 1.95. The molecule has 4 nitrogen and oxygen atoms in total. The van der Waals surface area contributed by atoms with Crippen LogP contribution in [-0.2, 0) is 9.59 Å². The lowest BCUT2D eigenvalue weighted by atomic mass is 9.96. The first kappa shape index (κ1) is 14.3. The average molecular weight is 314 g/mol. The van der Waals surface area contributed by atoms with E-state index in [1.165, 1.54) is 0 Å². The Morgan fingerprint density at radius 3 is 2.46 bits per heavy atom. The van der Waals surface area contributed by atoms with Crippen LogP contribution in [0, 0.1) is 12.3 Å². The van der Waals surface area contributed by atoms with Crippen LogP contribution in [0.25, 0.3) is 11.1 Å². The molecule has 0 bridgehead atoms. The van der Waals surface area contributed by atoms with Crippen molar-refractivity contribution in [2.75, 3.05) is 16.8 Å². The van der Waals surface area contributed by atoms with Crippen molar-refractivity contribution >= 4 is 34.3 Å². The highest BCUT2D eigenvalue weighted by Crippen LogP contribution is 2.44. The Bertz CT molecular complexity index is 950. The van der Waals surface area contributed by atoms with Gasteiger partial charge in [0.1, 0.15) is 0 Å². The zero-order chi connectivity index (χ0) is 16.7. The van der Waals surface area contributed by atoms with Crippen LogP contribution in [-0.4, -0.2) is 18.4 Å². The zero-order valence-corrected chi connectivity index (χ0v) is 12.9. The average Bonchev–Trinajstić information content (AvgIpc) is 3.06. The van der Waals surface area contributed by atoms with Crippen molar-refractivity contribution in [1.29, 1.82) is 0 Å². The van der Waals surface area contributed by atoms with E-state index in [9.17, 15) is 9.59 Å². The van der Waals surface area contributed by atoms with E-state index in [0.717, 1.165) is 22.5 Å². The quantitative estimate of drug-likeness (QED) is 0.684. The predicted molar refractivity (Wildman–Crippen MR) is 94.1 cm³/mol. The van der Waals surface area contributed by atoms with E-state index in [1.807, 2.05) is 48.5 Å². The van der Waals surface area contributed by atoms with Crippen LogP contribution in [0.5, 0.6) is 0 Å². The summed E-state index contributed by atoms with van der Waals surface area (Å²) in [6.07, 6.45) is 5.81. The highest BCUT2D eigenvalue weighted by Gasteiger charge is 2.38. The highest BCUT2D eigenvalue weighted by atomic mass is 16.2.